The van der Waals surface area contributed by atoms with Crippen LogP contribution in [0.5, 0.6) is 0 Å². The maximum Gasteiger partial charge on any atom is 0.326 e. The van der Waals surface area contributed by atoms with E-state index in [4.69, 9.17) is 0 Å². The van der Waals surface area contributed by atoms with Gasteiger partial charge in [0.1, 0.15) is 11.8 Å². The molecule has 1 aliphatic carbocycles. The number of aliphatic carboxylic acids is 1. The molecule has 2 N–H and O–H groups in total. The van der Waals surface area contributed by atoms with E-state index in [-0.39, 0.29) is 18.1 Å². The number of Topliss-reactive ketones (excluding diaryl/α,β-unsaturated/α-hetero) is 1. The third kappa shape index (κ3) is 3.27. The second-order valence-electron chi connectivity index (χ2n) is 6.06. The number of hydrogen-bond donors (Lipinski definition) is 2. The lowest BCUT2D eigenvalue weighted by Gasteiger charge is -2.27. The molecule has 24 heavy (non-hydrogen) atoms. The third-order valence-corrected chi connectivity index (χ3v) is 4.44. The van der Waals surface area contributed by atoms with E-state index < -0.39 is 17.9 Å². The Kier molecular flexibility index (Phi) is 4.55. The smallest absolute Gasteiger partial charge is 0.326 e. The van der Waals surface area contributed by atoms with Gasteiger partial charge in [0.15, 0.2) is 0 Å². The van der Waals surface area contributed by atoms with E-state index in [0.29, 0.717) is 35.7 Å². The summed E-state index contributed by atoms with van der Waals surface area (Å²) in [5.41, 5.74) is 1.05. The van der Waals surface area contributed by atoms with Gasteiger partial charge in [-0.3, -0.25) is 14.6 Å². The van der Waals surface area contributed by atoms with Gasteiger partial charge in [0, 0.05) is 24.4 Å². The largest absolute Gasteiger partial charge is 0.480 e. The van der Waals surface area contributed by atoms with Crippen molar-refractivity contribution in [3.63, 3.8) is 0 Å². The lowest BCUT2D eigenvalue weighted by molar-refractivity contribution is -0.141. The number of nitrogens with zero attached hydrogens (tertiary/aromatic N) is 1. The molecule has 1 amide bonds. The van der Waals surface area contributed by atoms with Crippen LogP contribution < -0.4 is 5.32 Å². The number of carbonyl (C=O) groups excluding carboxylic acids is 2. The van der Waals surface area contributed by atoms with E-state index in [9.17, 15) is 19.5 Å². The molecule has 1 aromatic carbocycles. The minimum absolute atomic E-state index is 0.0566. The topological polar surface area (TPSA) is 96.4 Å². The van der Waals surface area contributed by atoms with Crippen molar-refractivity contribution in [1.82, 2.24) is 10.3 Å². The molecule has 1 aromatic heterocycles. The molecule has 1 fully saturated rings. The normalized spacial score (nSPS) is 19.0. The van der Waals surface area contributed by atoms with E-state index >= 15 is 0 Å². The predicted molar refractivity (Wildman–Crippen MR) is 87.6 cm³/mol. The highest BCUT2D eigenvalue weighted by Crippen LogP contribution is 2.25. The van der Waals surface area contributed by atoms with Crippen molar-refractivity contribution >= 4 is 28.6 Å². The van der Waals surface area contributed by atoms with Gasteiger partial charge in [0.05, 0.1) is 11.1 Å². The average molecular weight is 326 g/mol. The first-order valence-corrected chi connectivity index (χ1v) is 7.95. The molecule has 1 heterocycles. The number of hydrogen-bond acceptors (Lipinski definition) is 4. The van der Waals surface area contributed by atoms with Crippen LogP contribution in [0, 0.1) is 5.92 Å². The number of amides is 1. The second-order valence-corrected chi connectivity index (χ2v) is 6.06. The van der Waals surface area contributed by atoms with Crippen molar-refractivity contribution in [1.29, 1.82) is 0 Å². The molecule has 0 bridgehead atoms. The van der Waals surface area contributed by atoms with Gasteiger partial charge in [-0.1, -0.05) is 18.2 Å². The van der Waals surface area contributed by atoms with Crippen molar-refractivity contribution in [3.8, 4) is 0 Å². The Labute approximate surface area is 138 Å². The van der Waals surface area contributed by atoms with Gasteiger partial charge >= 0.3 is 5.97 Å². The molecule has 1 aliphatic rings. The Morgan fingerprint density at radius 3 is 2.79 bits per heavy atom. The number of carboxylic acid groups (broad SMARTS) is 1. The van der Waals surface area contributed by atoms with Crippen molar-refractivity contribution in [3.05, 3.63) is 42.1 Å². The highest BCUT2D eigenvalue weighted by atomic mass is 16.4. The summed E-state index contributed by atoms with van der Waals surface area (Å²) in [6.45, 7) is 0. The van der Waals surface area contributed by atoms with Gasteiger partial charge in [-0.05, 0) is 30.9 Å². The van der Waals surface area contributed by atoms with Crippen molar-refractivity contribution < 1.29 is 19.5 Å². The molecule has 1 saturated carbocycles. The van der Waals surface area contributed by atoms with E-state index in [2.05, 4.69) is 10.3 Å². The number of fused-ring (bicyclic) bond motifs is 1. The molecular weight excluding hydrogens is 308 g/mol. The fraction of sp³-hybridized carbons (Fsp3) is 0.333. The molecule has 6 heteroatoms. The van der Waals surface area contributed by atoms with Crippen LogP contribution in [0.2, 0.25) is 0 Å². The van der Waals surface area contributed by atoms with Gasteiger partial charge in [-0.25, -0.2) is 4.79 Å². The zero-order valence-corrected chi connectivity index (χ0v) is 13.1. The van der Waals surface area contributed by atoms with E-state index in [1.807, 2.05) is 6.07 Å². The average Bonchev–Trinajstić information content (AvgIpc) is 2.58. The standard InChI is InChI=1S/C18H18N2O4/c21-12-5-3-4-11(10-12)16(18(23)24)20-17(22)14-8-9-19-15-7-2-1-6-13(14)15/h1-2,6-9,11,16H,3-5,10H2,(H,20,22)(H,23,24)/t11-,16+/m0/s1. The zero-order chi connectivity index (χ0) is 17.1. The number of pyridine rings is 1. The van der Waals surface area contributed by atoms with Crippen LogP contribution in [0.25, 0.3) is 10.9 Å². The maximum atomic E-state index is 12.6. The number of para-hydroxylation sites is 1. The number of carboxylic acids is 1. The van der Waals surface area contributed by atoms with Gasteiger partial charge in [-0.2, -0.15) is 0 Å². The number of rotatable bonds is 4. The van der Waals surface area contributed by atoms with Gasteiger partial charge in [0.2, 0.25) is 0 Å². The molecule has 0 aliphatic heterocycles. The Hall–Kier alpha value is -2.76. The number of ketones is 1. The molecule has 0 spiro atoms. The van der Waals surface area contributed by atoms with Crippen LogP contribution in [0.1, 0.15) is 36.0 Å². The fourth-order valence-corrected chi connectivity index (χ4v) is 3.24. The molecule has 3 rings (SSSR count). The summed E-state index contributed by atoms with van der Waals surface area (Å²) in [7, 11) is 0. The number of benzene rings is 1. The third-order valence-electron chi connectivity index (χ3n) is 4.44. The van der Waals surface area contributed by atoms with Crippen LogP contribution in [-0.2, 0) is 9.59 Å². The Bertz CT molecular complexity index is 797. The molecular formula is C18H18N2O4. The SMILES string of the molecule is O=C1CCC[C@H]([C@@H](NC(=O)c2ccnc3ccccc23)C(=O)O)C1. The minimum Gasteiger partial charge on any atom is -0.480 e. The Balaban J connectivity index is 1.85. The highest BCUT2D eigenvalue weighted by Gasteiger charge is 2.33. The molecule has 0 unspecified atom stereocenters. The van der Waals surface area contributed by atoms with Crippen molar-refractivity contribution in [2.45, 2.75) is 31.7 Å². The Morgan fingerprint density at radius 2 is 2.04 bits per heavy atom. The van der Waals surface area contributed by atoms with Crippen LogP contribution >= 0.6 is 0 Å². The summed E-state index contributed by atoms with van der Waals surface area (Å²) >= 11 is 0. The van der Waals surface area contributed by atoms with Crippen molar-refractivity contribution in [2.24, 2.45) is 5.92 Å². The monoisotopic (exact) mass is 326 g/mol. The van der Waals surface area contributed by atoms with E-state index in [1.54, 1.807) is 24.3 Å². The molecule has 2 atom stereocenters. The van der Waals surface area contributed by atoms with Crippen LogP contribution in [0.4, 0.5) is 0 Å². The van der Waals surface area contributed by atoms with Crippen LogP contribution in [0.3, 0.4) is 0 Å². The first-order chi connectivity index (χ1) is 11.6. The zero-order valence-electron chi connectivity index (χ0n) is 13.1. The minimum atomic E-state index is -1.11. The number of aromatic nitrogens is 1. The number of nitrogens with one attached hydrogen (secondary N) is 1. The fourth-order valence-electron chi connectivity index (χ4n) is 3.24. The number of carbonyl (C=O) groups is 3. The lowest BCUT2D eigenvalue weighted by atomic mass is 9.83. The highest BCUT2D eigenvalue weighted by molar-refractivity contribution is 6.07. The maximum absolute atomic E-state index is 12.6. The Morgan fingerprint density at radius 1 is 1.25 bits per heavy atom. The second kappa shape index (κ2) is 6.78. The van der Waals surface area contributed by atoms with E-state index in [1.165, 1.54) is 6.20 Å². The molecule has 0 saturated heterocycles. The van der Waals surface area contributed by atoms with Gasteiger partial charge < -0.3 is 10.4 Å². The summed E-state index contributed by atoms with van der Waals surface area (Å²) in [6, 6.07) is 7.70. The van der Waals surface area contributed by atoms with Crippen molar-refractivity contribution in [2.75, 3.05) is 0 Å². The summed E-state index contributed by atoms with van der Waals surface area (Å²) in [5, 5.41) is 12.7. The summed E-state index contributed by atoms with van der Waals surface area (Å²) in [4.78, 5) is 40.0. The lowest BCUT2D eigenvalue weighted by Crippen LogP contribution is -2.47. The molecule has 2 aromatic rings. The first-order valence-electron chi connectivity index (χ1n) is 7.95. The van der Waals surface area contributed by atoms with Crippen LogP contribution in [0.15, 0.2) is 36.5 Å². The molecule has 124 valence electrons. The summed E-state index contributed by atoms with van der Waals surface area (Å²) < 4.78 is 0. The van der Waals surface area contributed by atoms with Gasteiger partial charge in [0.25, 0.3) is 5.91 Å². The molecule has 0 radical (unpaired) electrons. The molecule has 6 nitrogen and oxygen atoms in total. The van der Waals surface area contributed by atoms with Crippen LogP contribution in [-0.4, -0.2) is 33.8 Å². The predicted octanol–water partition coefficient (Wildman–Crippen LogP) is 2.18. The van der Waals surface area contributed by atoms with Gasteiger partial charge in [-0.15, -0.1) is 0 Å². The quantitative estimate of drug-likeness (QED) is 0.897. The summed E-state index contributed by atoms with van der Waals surface area (Å²) in [5.74, 6) is -1.87. The first kappa shape index (κ1) is 16.1. The summed E-state index contributed by atoms with van der Waals surface area (Å²) in [6.07, 6.45) is 3.51. The van der Waals surface area contributed by atoms with E-state index in [0.717, 1.165) is 0 Å².